The van der Waals surface area contributed by atoms with Crippen molar-refractivity contribution in [2.75, 3.05) is 46.3 Å². The number of β-amino-alcohol motifs (C(OH)–C–C–N with tert-alkyl or cyclic N) is 1. The van der Waals surface area contributed by atoms with Crippen molar-refractivity contribution in [3.05, 3.63) is 35.9 Å². The molecule has 6 heteroatoms. The maximum absolute atomic E-state index is 12.1. The SMILES string of the molecule is CN1CCN(CCCNC(=O)C2CC(O)CN2)C(c2ccccc2)C1. The fraction of sp³-hybridized carbons (Fsp3) is 0.632. The highest BCUT2D eigenvalue weighted by molar-refractivity contribution is 5.82. The summed E-state index contributed by atoms with van der Waals surface area (Å²) < 4.78 is 0. The van der Waals surface area contributed by atoms with Crippen LogP contribution in [0.4, 0.5) is 0 Å². The number of aliphatic hydroxyl groups is 1. The number of carbonyl (C=O) groups excluding carboxylic acids is 1. The van der Waals surface area contributed by atoms with Crippen LogP contribution in [0.1, 0.15) is 24.4 Å². The number of piperazine rings is 1. The topological polar surface area (TPSA) is 67.8 Å². The van der Waals surface area contributed by atoms with Crippen LogP contribution in [0.3, 0.4) is 0 Å². The predicted octanol–water partition coefficient (Wildman–Crippen LogP) is 0.204. The lowest BCUT2D eigenvalue weighted by atomic mass is 10.0. The Morgan fingerprint density at radius 1 is 1.32 bits per heavy atom. The molecule has 1 aromatic carbocycles. The first-order valence-corrected chi connectivity index (χ1v) is 9.30. The molecule has 0 bridgehead atoms. The lowest BCUT2D eigenvalue weighted by molar-refractivity contribution is -0.122. The molecule has 6 nitrogen and oxygen atoms in total. The fourth-order valence-electron chi connectivity index (χ4n) is 3.75. The minimum absolute atomic E-state index is 0.00883. The van der Waals surface area contributed by atoms with Crippen LogP contribution in [-0.2, 0) is 4.79 Å². The fourth-order valence-corrected chi connectivity index (χ4v) is 3.75. The largest absolute Gasteiger partial charge is 0.392 e. The first-order chi connectivity index (χ1) is 12.1. The Bertz CT molecular complexity index is 554. The summed E-state index contributed by atoms with van der Waals surface area (Å²) in [6.07, 6.45) is 1.06. The van der Waals surface area contributed by atoms with Crippen molar-refractivity contribution < 1.29 is 9.90 Å². The van der Waals surface area contributed by atoms with E-state index >= 15 is 0 Å². The summed E-state index contributed by atoms with van der Waals surface area (Å²) in [5.41, 5.74) is 1.36. The maximum Gasteiger partial charge on any atom is 0.237 e. The normalized spacial score (nSPS) is 28.2. The number of nitrogens with one attached hydrogen (secondary N) is 2. The Labute approximate surface area is 150 Å². The summed E-state index contributed by atoms with van der Waals surface area (Å²) in [6.45, 7) is 5.35. The lowest BCUT2D eigenvalue weighted by Gasteiger charge is -2.40. The first kappa shape index (κ1) is 18.3. The molecule has 2 saturated heterocycles. The molecule has 1 aromatic rings. The van der Waals surface area contributed by atoms with Crippen molar-refractivity contribution in [2.24, 2.45) is 0 Å². The van der Waals surface area contributed by atoms with Gasteiger partial charge in [0.2, 0.25) is 5.91 Å². The van der Waals surface area contributed by atoms with E-state index in [0.717, 1.165) is 32.6 Å². The molecule has 3 rings (SSSR count). The minimum Gasteiger partial charge on any atom is -0.392 e. The van der Waals surface area contributed by atoms with Crippen molar-refractivity contribution in [3.8, 4) is 0 Å². The molecule has 0 radical (unpaired) electrons. The van der Waals surface area contributed by atoms with Crippen molar-refractivity contribution in [3.63, 3.8) is 0 Å². The van der Waals surface area contributed by atoms with E-state index in [4.69, 9.17) is 0 Å². The number of aliphatic hydroxyl groups excluding tert-OH is 1. The standard InChI is InChI=1S/C19H30N4O2/c1-22-10-11-23(18(14-22)15-6-3-2-4-7-15)9-5-8-20-19(25)17-12-16(24)13-21-17/h2-4,6-7,16-18,21,24H,5,8-14H2,1H3,(H,20,25). The smallest absolute Gasteiger partial charge is 0.237 e. The third kappa shape index (κ3) is 5.01. The Morgan fingerprint density at radius 2 is 2.12 bits per heavy atom. The highest BCUT2D eigenvalue weighted by Crippen LogP contribution is 2.24. The van der Waals surface area contributed by atoms with Gasteiger partial charge in [0.05, 0.1) is 12.1 Å². The van der Waals surface area contributed by atoms with E-state index in [-0.39, 0.29) is 11.9 Å². The third-order valence-electron chi connectivity index (χ3n) is 5.22. The van der Waals surface area contributed by atoms with E-state index in [1.807, 2.05) is 0 Å². The first-order valence-electron chi connectivity index (χ1n) is 9.30. The number of benzene rings is 1. The zero-order valence-corrected chi connectivity index (χ0v) is 15.0. The van der Waals surface area contributed by atoms with Gasteiger partial charge in [0.25, 0.3) is 0 Å². The molecule has 2 aliphatic rings. The molecule has 3 atom stereocenters. The van der Waals surface area contributed by atoms with E-state index in [9.17, 15) is 9.90 Å². The average Bonchev–Trinajstić information content (AvgIpc) is 3.07. The number of rotatable bonds is 6. The average molecular weight is 346 g/mol. The van der Waals surface area contributed by atoms with Crippen LogP contribution in [0.5, 0.6) is 0 Å². The van der Waals surface area contributed by atoms with Crippen LogP contribution in [-0.4, -0.2) is 79.3 Å². The second kappa shape index (κ2) is 8.76. The Kier molecular flexibility index (Phi) is 6.42. The molecule has 2 heterocycles. The van der Waals surface area contributed by atoms with Crippen LogP contribution in [0.25, 0.3) is 0 Å². The van der Waals surface area contributed by atoms with Crippen LogP contribution in [0.2, 0.25) is 0 Å². The van der Waals surface area contributed by atoms with E-state index in [1.165, 1.54) is 5.56 Å². The van der Waals surface area contributed by atoms with Gasteiger partial charge in [0.15, 0.2) is 0 Å². The molecule has 0 spiro atoms. The molecule has 138 valence electrons. The lowest BCUT2D eigenvalue weighted by Crippen LogP contribution is -2.47. The number of nitrogens with zero attached hydrogens (tertiary/aromatic N) is 2. The molecule has 0 aromatic heterocycles. The van der Waals surface area contributed by atoms with Gasteiger partial charge in [-0.1, -0.05) is 30.3 Å². The monoisotopic (exact) mass is 346 g/mol. The second-order valence-electron chi connectivity index (χ2n) is 7.22. The van der Waals surface area contributed by atoms with Crippen molar-refractivity contribution >= 4 is 5.91 Å². The molecule has 2 aliphatic heterocycles. The minimum atomic E-state index is -0.396. The summed E-state index contributed by atoms with van der Waals surface area (Å²) >= 11 is 0. The van der Waals surface area contributed by atoms with E-state index < -0.39 is 6.10 Å². The summed E-state index contributed by atoms with van der Waals surface area (Å²) in [5, 5.41) is 15.5. The van der Waals surface area contributed by atoms with E-state index in [0.29, 0.717) is 25.6 Å². The van der Waals surface area contributed by atoms with Gasteiger partial charge >= 0.3 is 0 Å². The number of likely N-dealkylation sites (N-methyl/N-ethyl adjacent to an activating group) is 1. The number of carbonyl (C=O) groups is 1. The van der Waals surface area contributed by atoms with Crippen molar-refractivity contribution in [1.82, 2.24) is 20.4 Å². The zero-order valence-electron chi connectivity index (χ0n) is 15.0. The van der Waals surface area contributed by atoms with Gasteiger partial charge in [-0.05, 0) is 25.5 Å². The van der Waals surface area contributed by atoms with Crippen molar-refractivity contribution in [1.29, 1.82) is 0 Å². The molecule has 0 aliphatic carbocycles. The number of amides is 1. The molecule has 2 fully saturated rings. The summed E-state index contributed by atoms with van der Waals surface area (Å²) in [5.74, 6) is 0.00883. The van der Waals surface area contributed by atoms with E-state index in [1.54, 1.807) is 0 Å². The molecule has 25 heavy (non-hydrogen) atoms. The molecule has 1 amide bonds. The molecule has 0 saturated carbocycles. The Balaban J connectivity index is 1.45. The number of hydrogen-bond acceptors (Lipinski definition) is 5. The maximum atomic E-state index is 12.1. The van der Waals surface area contributed by atoms with Crippen LogP contribution in [0.15, 0.2) is 30.3 Å². The van der Waals surface area contributed by atoms with Gasteiger partial charge in [-0.15, -0.1) is 0 Å². The summed E-state index contributed by atoms with van der Waals surface area (Å²) in [7, 11) is 2.18. The quantitative estimate of drug-likeness (QED) is 0.643. The van der Waals surface area contributed by atoms with Gasteiger partial charge < -0.3 is 20.6 Å². The van der Waals surface area contributed by atoms with Gasteiger partial charge in [-0.2, -0.15) is 0 Å². The third-order valence-corrected chi connectivity index (χ3v) is 5.22. The van der Waals surface area contributed by atoms with Crippen molar-refractivity contribution in [2.45, 2.75) is 31.0 Å². The summed E-state index contributed by atoms with van der Waals surface area (Å²) in [6, 6.07) is 10.9. The summed E-state index contributed by atoms with van der Waals surface area (Å²) in [4.78, 5) is 17.0. The highest BCUT2D eigenvalue weighted by Gasteiger charge is 2.28. The molecular weight excluding hydrogens is 316 g/mol. The Morgan fingerprint density at radius 3 is 2.84 bits per heavy atom. The van der Waals surface area contributed by atoms with Gasteiger partial charge in [0.1, 0.15) is 0 Å². The molecule has 3 unspecified atom stereocenters. The van der Waals surface area contributed by atoms with Gasteiger partial charge in [-0.3, -0.25) is 9.69 Å². The van der Waals surface area contributed by atoms with Crippen LogP contribution >= 0.6 is 0 Å². The second-order valence-corrected chi connectivity index (χ2v) is 7.22. The van der Waals surface area contributed by atoms with Crippen LogP contribution in [0, 0.1) is 0 Å². The van der Waals surface area contributed by atoms with Gasteiger partial charge in [-0.25, -0.2) is 0 Å². The van der Waals surface area contributed by atoms with Gasteiger partial charge in [0, 0.05) is 45.3 Å². The highest BCUT2D eigenvalue weighted by atomic mass is 16.3. The number of hydrogen-bond donors (Lipinski definition) is 3. The molecular formula is C19H30N4O2. The van der Waals surface area contributed by atoms with E-state index in [2.05, 4.69) is 57.8 Å². The Hall–Kier alpha value is -1.47. The predicted molar refractivity (Wildman–Crippen MR) is 98.3 cm³/mol. The van der Waals surface area contributed by atoms with Crippen LogP contribution < -0.4 is 10.6 Å². The zero-order chi connectivity index (χ0) is 17.6. The molecule has 3 N–H and O–H groups in total.